The highest BCUT2D eigenvalue weighted by molar-refractivity contribution is 6.33. The molecule has 2 rings (SSSR count). The molecule has 2 aromatic rings. The first-order valence-electron chi connectivity index (χ1n) is 6.06. The van der Waals surface area contributed by atoms with Crippen molar-refractivity contribution in [3.8, 4) is 0 Å². The first kappa shape index (κ1) is 13.8. The monoisotopic (exact) mass is 279 g/mol. The number of aromatic nitrogens is 1. The summed E-state index contributed by atoms with van der Waals surface area (Å²) in [6, 6.07) is 9.88. The van der Waals surface area contributed by atoms with Crippen molar-refractivity contribution in [3.05, 3.63) is 53.4 Å². The molecule has 1 aromatic carbocycles. The highest BCUT2D eigenvalue weighted by atomic mass is 35.5. The van der Waals surface area contributed by atoms with Gasteiger partial charge in [0.1, 0.15) is 5.82 Å². The molecular weight excluding hydrogens is 265 g/mol. The van der Waals surface area contributed by atoms with Crippen molar-refractivity contribution < 1.29 is 4.39 Å². The Morgan fingerprint density at radius 3 is 2.79 bits per heavy atom. The summed E-state index contributed by atoms with van der Waals surface area (Å²) < 4.78 is 13.4. The predicted molar refractivity (Wildman–Crippen MR) is 76.3 cm³/mol. The van der Waals surface area contributed by atoms with Gasteiger partial charge in [-0.3, -0.25) is 0 Å². The van der Waals surface area contributed by atoms with Crippen LogP contribution >= 0.6 is 11.6 Å². The summed E-state index contributed by atoms with van der Waals surface area (Å²) in [6.45, 7) is 1.19. The lowest BCUT2D eigenvalue weighted by Crippen LogP contribution is -2.22. The van der Waals surface area contributed by atoms with Crippen LogP contribution < -0.4 is 10.6 Å². The van der Waals surface area contributed by atoms with Gasteiger partial charge in [0.2, 0.25) is 0 Å². The van der Waals surface area contributed by atoms with E-state index in [1.54, 1.807) is 24.4 Å². The van der Waals surface area contributed by atoms with Crippen LogP contribution in [0.2, 0.25) is 5.02 Å². The lowest BCUT2D eigenvalue weighted by atomic mass is 10.2. The number of pyridine rings is 1. The van der Waals surface area contributed by atoms with Crippen molar-refractivity contribution in [2.45, 2.75) is 6.42 Å². The van der Waals surface area contributed by atoms with Crippen molar-refractivity contribution in [1.82, 2.24) is 4.98 Å². The van der Waals surface area contributed by atoms with E-state index >= 15 is 0 Å². The fraction of sp³-hybridized carbons (Fsp3) is 0.214. The average molecular weight is 280 g/mol. The topological polar surface area (TPSA) is 42.1 Å². The van der Waals surface area contributed by atoms with Crippen LogP contribution in [0, 0.1) is 5.82 Å². The second-order valence-corrected chi connectivity index (χ2v) is 4.49. The van der Waals surface area contributed by atoms with Gasteiger partial charge in [0.15, 0.2) is 5.82 Å². The number of anilines is 2. The van der Waals surface area contributed by atoms with Gasteiger partial charge < -0.3 is 10.6 Å². The zero-order valence-electron chi connectivity index (χ0n) is 10.4. The second kappa shape index (κ2) is 6.50. The van der Waals surface area contributed by atoms with Crippen molar-refractivity contribution in [1.29, 1.82) is 0 Å². The van der Waals surface area contributed by atoms with Crippen LogP contribution in [0.1, 0.15) is 6.42 Å². The van der Waals surface area contributed by atoms with E-state index in [2.05, 4.69) is 4.98 Å². The van der Waals surface area contributed by atoms with Gasteiger partial charge >= 0.3 is 0 Å². The predicted octanol–water partition coefficient (Wildman–Crippen LogP) is 3.36. The smallest absolute Gasteiger partial charge is 0.151 e. The molecule has 0 aliphatic carbocycles. The summed E-state index contributed by atoms with van der Waals surface area (Å²) in [4.78, 5) is 6.14. The number of benzene rings is 1. The van der Waals surface area contributed by atoms with E-state index in [1.807, 2.05) is 11.0 Å². The largest absolute Gasteiger partial charge is 0.330 e. The normalized spacial score (nSPS) is 10.5. The van der Waals surface area contributed by atoms with Crippen LogP contribution in [0.5, 0.6) is 0 Å². The molecule has 1 aromatic heterocycles. The Morgan fingerprint density at radius 2 is 2.11 bits per heavy atom. The minimum absolute atomic E-state index is 0.290. The molecule has 100 valence electrons. The zero-order chi connectivity index (χ0) is 13.7. The van der Waals surface area contributed by atoms with Crippen LogP contribution in [0.4, 0.5) is 15.9 Å². The lowest BCUT2D eigenvalue weighted by Gasteiger charge is -2.24. The summed E-state index contributed by atoms with van der Waals surface area (Å²) in [5.74, 6) is 0.325. The molecule has 0 bridgehead atoms. The second-order valence-electron chi connectivity index (χ2n) is 4.08. The minimum Gasteiger partial charge on any atom is -0.330 e. The molecular formula is C14H15ClFN3. The Kier molecular flexibility index (Phi) is 4.71. The Labute approximate surface area is 116 Å². The van der Waals surface area contributed by atoms with Crippen LogP contribution in [-0.4, -0.2) is 18.1 Å². The standard InChI is InChI=1S/C14H15ClFN3/c15-13-6-2-8-18-14(13)19(9-3-7-17)12-5-1-4-11(16)10-12/h1-2,4-6,8,10H,3,7,9,17H2. The molecule has 0 spiro atoms. The van der Waals surface area contributed by atoms with Crippen molar-refractivity contribution in [2.24, 2.45) is 5.73 Å². The fourth-order valence-electron chi connectivity index (χ4n) is 1.83. The Morgan fingerprint density at radius 1 is 1.26 bits per heavy atom. The average Bonchev–Trinajstić information content (AvgIpc) is 2.41. The summed E-state index contributed by atoms with van der Waals surface area (Å²) >= 11 is 6.16. The Hall–Kier alpha value is -1.65. The van der Waals surface area contributed by atoms with Crippen LogP contribution in [0.15, 0.2) is 42.6 Å². The maximum absolute atomic E-state index is 13.4. The van der Waals surface area contributed by atoms with Gasteiger partial charge in [-0.2, -0.15) is 0 Å². The van der Waals surface area contributed by atoms with E-state index in [4.69, 9.17) is 17.3 Å². The van der Waals surface area contributed by atoms with E-state index < -0.39 is 0 Å². The van der Waals surface area contributed by atoms with Crippen molar-refractivity contribution in [2.75, 3.05) is 18.0 Å². The number of rotatable bonds is 5. The third kappa shape index (κ3) is 3.43. The molecule has 0 atom stereocenters. The van der Waals surface area contributed by atoms with Crippen LogP contribution in [0.3, 0.4) is 0 Å². The summed E-state index contributed by atoms with van der Waals surface area (Å²) in [6.07, 6.45) is 2.43. The van der Waals surface area contributed by atoms with E-state index in [1.165, 1.54) is 12.1 Å². The molecule has 0 fully saturated rings. The SMILES string of the molecule is NCCCN(c1cccc(F)c1)c1ncccc1Cl. The molecule has 0 amide bonds. The Balaban J connectivity index is 2.38. The number of nitrogens with two attached hydrogens (primary N) is 1. The third-order valence-electron chi connectivity index (χ3n) is 2.70. The van der Waals surface area contributed by atoms with Gasteiger partial charge in [-0.1, -0.05) is 17.7 Å². The van der Waals surface area contributed by atoms with Gasteiger partial charge in [0, 0.05) is 18.4 Å². The van der Waals surface area contributed by atoms with E-state index in [-0.39, 0.29) is 5.82 Å². The van der Waals surface area contributed by atoms with E-state index in [9.17, 15) is 4.39 Å². The van der Waals surface area contributed by atoms with Crippen LogP contribution in [-0.2, 0) is 0 Å². The van der Waals surface area contributed by atoms with Crippen molar-refractivity contribution in [3.63, 3.8) is 0 Å². The number of hydrogen-bond donors (Lipinski definition) is 1. The zero-order valence-corrected chi connectivity index (χ0v) is 11.1. The van der Waals surface area contributed by atoms with Crippen LogP contribution in [0.25, 0.3) is 0 Å². The quantitative estimate of drug-likeness (QED) is 0.912. The number of hydrogen-bond acceptors (Lipinski definition) is 3. The third-order valence-corrected chi connectivity index (χ3v) is 3.00. The molecule has 3 nitrogen and oxygen atoms in total. The van der Waals surface area contributed by atoms with Gasteiger partial charge in [0.05, 0.1) is 5.02 Å². The van der Waals surface area contributed by atoms with E-state index in [0.717, 1.165) is 6.42 Å². The number of halogens is 2. The molecule has 1 heterocycles. The van der Waals surface area contributed by atoms with Gasteiger partial charge in [-0.05, 0) is 43.3 Å². The molecule has 0 aliphatic rings. The number of nitrogens with zero attached hydrogens (tertiary/aromatic N) is 2. The molecule has 19 heavy (non-hydrogen) atoms. The fourth-order valence-corrected chi connectivity index (χ4v) is 2.05. The highest BCUT2D eigenvalue weighted by Crippen LogP contribution is 2.29. The molecule has 0 radical (unpaired) electrons. The summed E-state index contributed by atoms with van der Waals surface area (Å²) in [7, 11) is 0. The van der Waals surface area contributed by atoms with Gasteiger partial charge in [-0.15, -0.1) is 0 Å². The Bertz CT molecular complexity index is 548. The molecule has 0 saturated carbocycles. The van der Waals surface area contributed by atoms with Gasteiger partial charge in [0.25, 0.3) is 0 Å². The molecule has 0 saturated heterocycles. The van der Waals surface area contributed by atoms with Gasteiger partial charge in [-0.25, -0.2) is 9.37 Å². The lowest BCUT2D eigenvalue weighted by molar-refractivity contribution is 0.627. The highest BCUT2D eigenvalue weighted by Gasteiger charge is 2.13. The first-order chi connectivity index (χ1) is 9.22. The maximum Gasteiger partial charge on any atom is 0.151 e. The van der Waals surface area contributed by atoms with E-state index in [0.29, 0.717) is 29.6 Å². The molecule has 5 heteroatoms. The molecule has 0 aliphatic heterocycles. The first-order valence-corrected chi connectivity index (χ1v) is 6.44. The molecule has 2 N–H and O–H groups in total. The van der Waals surface area contributed by atoms with Crippen molar-refractivity contribution >= 4 is 23.1 Å². The minimum atomic E-state index is -0.290. The summed E-state index contributed by atoms with van der Waals surface area (Å²) in [5, 5.41) is 0.531. The summed E-state index contributed by atoms with van der Waals surface area (Å²) in [5.41, 5.74) is 6.26. The maximum atomic E-state index is 13.4. The molecule has 0 unspecified atom stereocenters.